The standard InChI is InChI=1S/C11H20N4O4/c1-19-7-4-13-9(16)8-14-10(17)11(18)15-5-2-12-3-6-15/h12H,2-8H2,1H3,(H,13,16)(H,14,17). The highest BCUT2D eigenvalue weighted by Gasteiger charge is 2.23. The number of hydrogen-bond donors (Lipinski definition) is 3. The maximum absolute atomic E-state index is 11.7. The van der Waals surface area contributed by atoms with Crippen LogP contribution in [-0.4, -0.2) is 75.6 Å². The molecule has 1 aliphatic heterocycles. The second-order valence-electron chi connectivity index (χ2n) is 4.07. The maximum atomic E-state index is 11.7. The van der Waals surface area contributed by atoms with E-state index in [0.29, 0.717) is 39.3 Å². The summed E-state index contributed by atoms with van der Waals surface area (Å²) in [6.07, 6.45) is 0. The number of carbonyl (C=O) groups is 3. The lowest BCUT2D eigenvalue weighted by Gasteiger charge is -2.26. The van der Waals surface area contributed by atoms with Crippen LogP contribution < -0.4 is 16.0 Å². The number of hydrogen-bond acceptors (Lipinski definition) is 5. The fraction of sp³-hybridized carbons (Fsp3) is 0.727. The highest BCUT2D eigenvalue weighted by molar-refractivity contribution is 6.35. The van der Waals surface area contributed by atoms with Crippen LogP contribution in [0, 0.1) is 0 Å². The predicted molar refractivity (Wildman–Crippen MR) is 67.3 cm³/mol. The van der Waals surface area contributed by atoms with Gasteiger partial charge in [-0.3, -0.25) is 14.4 Å². The fourth-order valence-electron chi connectivity index (χ4n) is 1.60. The summed E-state index contributed by atoms with van der Waals surface area (Å²) < 4.78 is 4.77. The van der Waals surface area contributed by atoms with Crippen LogP contribution in [0.4, 0.5) is 0 Å². The first kappa shape index (κ1) is 15.4. The fourth-order valence-corrected chi connectivity index (χ4v) is 1.60. The minimum Gasteiger partial charge on any atom is -0.383 e. The molecule has 1 saturated heterocycles. The van der Waals surface area contributed by atoms with Crippen molar-refractivity contribution in [3.05, 3.63) is 0 Å². The summed E-state index contributed by atoms with van der Waals surface area (Å²) in [7, 11) is 1.53. The topological polar surface area (TPSA) is 99.8 Å². The molecule has 1 fully saturated rings. The Hall–Kier alpha value is -1.67. The number of carbonyl (C=O) groups excluding carboxylic acids is 3. The molecular formula is C11H20N4O4. The Labute approximate surface area is 111 Å². The molecule has 3 N–H and O–H groups in total. The van der Waals surface area contributed by atoms with Gasteiger partial charge in [-0.1, -0.05) is 0 Å². The van der Waals surface area contributed by atoms with Crippen molar-refractivity contribution in [2.24, 2.45) is 0 Å². The minimum atomic E-state index is -0.746. The molecule has 0 saturated carbocycles. The summed E-state index contributed by atoms with van der Waals surface area (Å²) in [4.78, 5) is 36.0. The summed E-state index contributed by atoms with van der Waals surface area (Å²) in [5.41, 5.74) is 0. The molecule has 8 nitrogen and oxygen atoms in total. The normalized spacial score (nSPS) is 14.9. The minimum absolute atomic E-state index is 0.208. The lowest BCUT2D eigenvalue weighted by Crippen LogP contribution is -2.52. The van der Waals surface area contributed by atoms with E-state index in [0.717, 1.165) is 0 Å². The third-order valence-corrected chi connectivity index (χ3v) is 2.64. The maximum Gasteiger partial charge on any atom is 0.311 e. The number of rotatable bonds is 5. The summed E-state index contributed by atoms with van der Waals surface area (Å²) in [5, 5.41) is 7.93. The molecule has 0 radical (unpaired) electrons. The molecule has 0 unspecified atom stereocenters. The molecule has 0 aromatic heterocycles. The number of nitrogens with zero attached hydrogens (tertiary/aromatic N) is 1. The molecule has 0 aromatic rings. The van der Waals surface area contributed by atoms with Crippen LogP contribution in [0.15, 0.2) is 0 Å². The van der Waals surface area contributed by atoms with Gasteiger partial charge in [0.1, 0.15) is 0 Å². The van der Waals surface area contributed by atoms with Gasteiger partial charge in [0.05, 0.1) is 13.2 Å². The Balaban J connectivity index is 2.22. The lowest BCUT2D eigenvalue weighted by atomic mass is 10.3. The molecule has 0 spiro atoms. The van der Waals surface area contributed by atoms with Crippen molar-refractivity contribution in [3.8, 4) is 0 Å². The Kier molecular flexibility index (Phi) is 6.83. The van der Waals surface area contributed by atoms with Crippen LogP contribution in [0.5, 0.6) is 0 Å². The summed E-state index contributed by atoms with van der Waals surface area (Å²) in [6, 6.07) is 0. The first-order chi connectivity index (χ1) is 9.15. The van der Waals surface area contributed by atoms with E-state index in [1.165, 1.54) is 12.0 Å². The van der Waals surface area contributed by atoms with Crippen molar-refractivity contribution in [3.63, 3.8) is 0 Å². The number of methoxy groups -OCH3 is 1. The molecule has 0 atom stereocenters. The third-order valence-electron chi connectivity index (χ3n) is 2.64. The van der Waals surface area contributed by atoms with Crippen LogP contribution in [0.1, 0.15) is 0 Å². The van der Waals surface area contributed by atoms with Crippen LogP contribution in [0.25, 0.3) is 0 Å². The van der Waals surface area contributed by atoms with Crippen molar-refractivity contribution in [1.29, 1.82) is 0 Å². The number of amides is 3. The number of nitrogens with one attached hydrogen (secondary N) is 3. The van der Waals surface area contributed by atoms with Gasteiger partial charge in [-0.15, -0.1) is 0 Å². The van der Waals surface area contributed by atoms with Gasteiger partial charge >= 0.3 is 11.8 Å². The van der Waals surface area contributed by atoms with Crippen LogP contribution in [0.2, 0.25) is 0 Å². The summed E-state index contributed by atoms with van der Waals surface area (Å²) in [6.45, 7) is 2.93. The van der Waals surface area contributed by atoms with Crippen molar-refractivity contribution in [1.82, 2.24) is 20.9 Å². The zero-order chi connectivity index (χ0) is 14.1. The lowest BCUT2D eigenvalue weighted by molar-refractivity contribution is -0.146. The number of ether oxygens (including phenoxy) is 1. The molecule has 1 rings (SSSR count). The van der Waals surface area contributed by atoms with Crippen molar-refractivity contribution < 1.29 is 19.1 Å². The van der Waals surface area contributed by atoms with Crippen LogP contribution >= 0.6 is 0 Å². The van der Waals surface area contributed by atoms with Gasteiger partial charge in [-0.2, -0.15) is 0 Å². The molecule has 1 heterocycles. The first-order valence-corrected chi connectivity index (χ1v) is 6.18. The van der Waals surface area contributed by atoms with E-state index in [-0.39, 0.29) is 12.5 Å². The Morgan fingerprint density at radius 1 is 1.21 bits per heavy atom. The third kappa shape index (κ3) is 5.66. The highest BCUT2D eigenvalue weighted by atomic mass is 16.5. The highest BCUT2D eigenvalue weighted by Crippen LogP contribution is 1.93. The largest absolute Gasteiger partial charge is 0.383 e. The van der Waals surface area contributed by atoms with Crippen molar-refractivity contribution in [2.75, 3.05) is 53.0 Å². The van der Waals surface area contributed by atoms with E-state index in [4.69, 9.17) is 4.74 Å². The SMILES string of the molecule is COCCNC(=O)CNC(=O)C(=O)N1CCNCC1. The van der Waals surface area contributed by atoms with E-state index in [2.05, 4.69) is 16.0 Å². The van der Waals surface area contributed by atoms with Gasteiger partial charge in [0, 0.05) is 39.8 Å². The molecule has 8 heteroatoms. The van der Waals surface area contributed by atoms with Gasteiger partial charge < -0.3 is 25.6 Å². The molecule has 0 bridgehead atoms. The average Bonchev–Trinajstić information content (AvgIpc) is 2.45. The molecule has 108 valence electrons. The summed E-state index contributed by atoms with van der Waals surface area (Å²) in [5.74, 6) is -1.69. The van der Waals surface area contributed by atoms with E-state index in [1.807, 2.05) is 0 Å². The van der Waals surface area contributed by atoms with Crippen molar-refractivity contribution in [2.45, 2.75) is 0 Å². The molecule has 0 aromatic carbocycles. The average molecular weight is 272 g/mol. The molecular weight excluding hydrogens is 252 g/mol. The second kappa shape index (κ2) is 8.44. The Morgan fingerprint density at radius 2 is 1.89 bits per heavy atom. The molecule has 1 aliphatic rings. The zero-order valence-electron chi connectivity index (χ0n) is 11.0. The Morgan fingerprint density at radius 3 is 2.53 bits per heavy atom. The molecule has 3 amide bonds. The van der Waals surface area contributed by atoms with Crippen LogP contribution in [0.3, 0.4) is 0 Å². The molecule has 0 aliphatic carbocycles. The van der Waals surface area contributed by atoms with E-state index in [9.17, 15) is 14.4 Å². The van der Waals surface area contributed by atoms with Crippen LogP contribution in [-0.2, 0) is 19.1 Å². The van der Waals surface area contributed by atoms with Gasteiger partial charge in [0.25, 0.3) is 0 Å². The smallest absolute Gasteiger partial charge is 0.311 e. The van der Waals surface area contributed by atoms with Gasteiger partial charge in [0.15, 0.2) is 0 Å². The van der Waals surface area contributed by atoms with Gasteiger partial charge in [-0.05, 0) is 0 Å². The Bertz CT molecular complexity index is 329. The van der Waals surface area contributed by atoms with Crippen molar-refractivity contribution >= 4 is 17.7 Å². The zero-order valence-corrected chi connectivity index (χ0v) is 11.0. The van der Waals surface area contributed by atoms with E-state index >= 15 is 0 Å². The van der Waals surface area contributed by atoms with Gasteiger partial charge in [-0.25, -0.2) is 0 Å². The quantitative estimate of drug-likeness (QED) is 0.373. The van der Waals surface area contributed by atoms with Gasteiger partial charge in [0.2, 0.25) is 5.91 Å². The second-order valence-corrected chi connectivity index (χ2v) is 4.07. The first-order valence-electron chi connectivity index (χ1n) is 6.18. The monoisotopic (exact) mass is 272 g/mol. The summed E-state index contributed by atoms with van der Waals surface area (Å²) >= 11 is 0. The van der Waals surface area contributed by atoms with E-state index < -0.39 is 11.8 Å². The number of piperazine rings is 1. The molecule has 19 heavy (non-hydrogen) atoms. The predicted octanol–water partition coefficient (Wildman–Crippen LogP) is -2.70. The van der Waals surface area contributed by atoms with E-state index in [1.54, 1.807) is 0 Å².